The van der Waals surface area contributed by atoms with Gasteiger partial charge in [0.15, 0.2) is 0 Å². The van der Waals surface area contributed by atoms with Crippen molar-refractivity contribution in [3.05, 3.63) is 39.9 Å². The van der Waals surface area contributed by atoms with Gasteiger partial charge in [0.2, 0.25) is 0 Å². The summed E-state index contributed by atoms with van der Waals surface area (Å²) in [4.78, 5) is 33.8. The van der Waals surface area contributed by atoms with Gasteiger partial charge in [-0.3, -0.25) is 15.0 Å². The summed E-state index contributed by atoms with van der Waals surface area (Å²) in [6.07, 6.45) is -1.78. The smallest absolute Gasteiger partial charge is 0.410 e. The van der Waals surface area contributed by atoms with Crippen LogP contribution in [0, 0.1) is 10.1 Å². The maximum atomic E-state index is 11.9. The van der Waals surface area contributed by atoms with Crippen molar-refractivity contribution in [1.29, 1.82) is 0 Å². The number of carbonyl (C=O) groups is 2. The van der Waals surface area contributed by atoms with Crippen molar-refractivity contribution in [2.45, 2.75) is 25.2 Å². The molecule has 1 heterocycles. The van der Waals surface area contributed by atoms with Crippen LogP contribution in [0.4, 0.5) is 10.5 Å². The highest BCUT2D eigenvalue weighted by molar-refractivity contribution is 5.80. The van der Waals surface area contributed by atoms with Gasteiger partial charge in [0.25, 0.3) is 5.69 Å². The second kappa shape index (κ2) is 6.39. The van der Waals surface area contributed by atoms with Crippen LogP contribution >= 0.6 is 0 Å². The molecule has 0 aliphatic carbocycles. The van der Waals surface area contributed by atoms with Crippen LogP contribution in [0.5, 0.6) is 0 Å². The summed E-state index contributed by atoms with van der Waals surface area (Å²) < 4.78 is 4.98. The number of β-amino-alcohol motifs (C(OH)–C–C–N with tert-alkyl or cyclic N) is 1. The van der Waals surface area contributed by atoms with Crippen LogP contribution in [0.1, 0.15) is 12.0 Å². The molecule has 2 rings (SSSR count). The molecule has 1 amide bonds. The normalized spacial score (nSPS) is 20.7. The van der Waals surface area contributed by atoms with Crippen LogP contribution in [0.25, 0.3) is 0 Å². The number of aliphatic hydroxyl groups is 1. The largest absolute Gasteiger partial charge is 0.480 e. The zero-order chi connectivity index (χ0) is 16.3. The molecule has 0 unspecified atom stereocenters. The van der Waals surface area contributed by atoms with E-state index in [2.05, 4.69) is 0 Å². The minimum atomic E-state index is -1.20. The molecule has 0 spiro atoms. The molecule has 1 saturated heterocycles. The van der Waals surface area contributed by atoms with E-state index < -0.39 is 29.1 Å². The number of aliphatic carboxylic acids is 1. The first-order chi connectivity index (χ1) is 10.4. The lowest BCUT2D eigenvalue weighted by Crippen LogP contribution is -2.40. The Bertz CT molecular complexity index is 587. The van der Waals surface area contributed by atoms with Gasteiger partial charge in [-0.1, -0.05) is 0 Å². The molecule has 0 aromatic heterocycles. The van der Waals surface area contributed by atoms with Crippen molar-refractivity contribution in [3.63, 3.8) is 0 Å². The molecular formula is C13H14N2O7. The Morgan fingerprint density at radius 1 is 1.36 bits per heavy atom. The molecule has 2 atom stereocenters. The molecule has 1 aromatic carbocycles. The summed E-state index contributed by atoms with van der Waals surface area (Å²) in [7, 11) is 0. The highest BCUT2D eigenvalue weighted by Crippen LogP contribution is 2.20. The van der Waals surface area contributed by atoms with E-state index in [9.17, 15) is 24.8 Å². The van der Waals surface area contributed by atoms with Crippen LogP contribution in [0.3, 0.4) is 0 Å². The van der Waals surface area contributed by atoms with E-state index in [0.29, 0.717) is 5.56 Å². The standard InChI is InChI=1S/C13H14N2O7/c16-10-5-11(12(17)18)14(6-10)13(19)22-7-8-1-3-9(4-2-8)15(20)21/h1-4,10-11,16H,5-7H2,(H,17,18)/t10-,11-/m1/s1. The van der Waals surface area contributed by atoms with Crippen molar-refractivity contribution < 1.29 is 29.5 Å². The number of non-ortho nitro benzene ring substituents is 1. The number of amides is 1. The van der Waals surface area contributed by atoms with E-state index >= 15 is 0 Å². The van der Waals surface area contributed by atoms with E-state index in [1.165, 1.54) is 24.3 Å². The van der Waals surface area contributed by atoms with Gasteiger partial charge < -0.3 is 14.9 Å². The lowest BCUT2D eigenvalue weighted by atomic mass is 10.2. The maximum Gasteiger partial charge on any atom is 0.410 e. The Kier molecular flexibility index (Phi) is 4.56. The molecule has 9 nitrogen and oxygen atoms in total. The summed E-state index contributed by atoms with van der Waals surface area (Å²) in [5, 5.41) is 29.0. The number of rotatable bonds is 4. The fourth-order valence-corrected chi connectivity index (χ4v) is 2.19. The first-order valence-electron chi connectivity index (χ1n) is 6.46. The van der Waals surface area contributed by atoms with Crippen molar-refractivity contribution in [1.82, 2.24) is 4.90 Å². The van der Waals surface area contributed by atoms with Crippen molar-refractivity contribution in [2.75, 3.05) is 6.54 Å². The lowest BCUT2D eigenvalue weighted by molar-refractivity contribution is -0.384. The second-order valence-electron chi connectivity index (χ2n) is 4.87. The van der Waals surface area contributed by atoms with E-state index in [-0.39, 0.29) is 25.3 Å². The molecule has 1 fully saturated rings. The third-order valence-electron chi connectivity index (χ3n) is 3.31. The Hall–Kier alpha value is -2.68. The summed E-state index contributed by atoms with van der Waals surface area (Å²) in [5.41, 5.74) is 0.453. The summed E-state index contributed by atoms with van der Waals surface area (Å²) in [6.45, 7) is -0.244. The number of benzene rings is 1. The number of carbonyl (C=O) groups excluding carboxylic acids is 1. The fourth-order valence-electron chi connectivity index (χ4n) is 2.19. The molecule has 1 aliphatic heterocycles. The van der Waals surface area contributed by atoms with Gasteiger partial charge in [-0.2, -0.15) is 0 Å². The molecule has 9 heteroatoms. The summed E-state index contributed by atoms with van der Waals surface area (Å²) in [5.74, 6) is -1.20. The van der Waals surface area contributed by atoms with Crippen LogP contribution in [0.2, 0.25) is 0 Å². The van der Waals surface area contributed by atoms with Gasteiger partial charge in [-0.05, 0) is 17.7 Å². The van der Waals surface area contributed by atoms with E-state index in [1.54, 1.807) is 0 Å². The number of aliphatic hydroxyl groups excluding tert-OH is 1. The first kappa shape index (κ1) is 15.7. The molecular weight excluding hydrogens is 296 g/mol. The molecule has 0 saturated carbocycles. The van der Waals surface area contributed by atoms with Gasteiger partial charge in [-0.15, -0.1) is 0 Å². The maximum absolute atomic E-state index is 11.9. The zero-order valence-corrected chi connectivity index (χ0v) is 11.4. The summed E-state index contributed by atoms with van der Waals surface area (Å²) in [6, 6.07) is 4.34. The third-order valence-corrected chi connectivity index (χ3v) is 3.31. The number of carboxylic acid groups (broad SMARTS) is 1. The number of hydrogen-bond donors (Lipinski definition) is 2. The third kappa shape index (κ3) is 3.50. The number of ether oxygens (including phenoxy) is 1. The number of nitro groups is 1. The van der Waals surface area contributed by atoms with Gasteiger partial charge in [-0.25, -0.2) is 9.59 Å². The van der Waals surface area contributed by atoms with Crippen LogP contribution < -0.4 is 0 Å². The van der Waals surface area contributed by atoms with Crippen LogP contribution in [-0.4, -0.2) is 50.8 Å². The molecule has 2 N–H and O–H groups in total. The first-order valence-corrected chi connectivity index (χ1v) is 6.46. The highest BCUT2D eigenvalue weighted by Gasteiger charge is 2.39. The Balaban J connectivity index is 1.94. The number of carboxylic acids is 1. The van der Waals surface area contributed by atoms with Gasteiger partial charge in [0, 0.05) is 18.6 Å². The predicted molar refractivity (Wildman–Crippen MR) is 72.0 cm³/mol. The van der Waals surface area contributed by atoms with Crippen LogP contribution in [-0.2, 0) is 16.1 Å². The van der Waals surface area contributed by atoms with E-state index in [4.69, 9.17) is 9.84 Å². The SMILES string of the molecule is O=C(O)[C@H]1C[C@@H](O)CN1C(=O)OCc1ccc([N+](=O)[O-])cc1. The molecule has 0 radical (unpaired) electrons. The van der Waals surface area contributed by atoms with E-state index in [1.807, 2.05) is 0 Å². The van der Waals surface area contributed by atoms with Gasteiger partial charge in [0.1, 0.15) is 12.6 Å². The topological polar surface area (TPSA) is 130 Å². The number of nitrogens with zero attached hydrogens (tertiary/aromatic N) is 2. The Morgan fingerprint density at radius 3 is 2.55 bits per heavy atom. The van der Waals surface area contributed by atoms with Crippen molar-refractivity contribution >= 4 is 17.7 Å². The highest BCUT2D eigenvalue weighted by atomic mass is 16.6. The van der Waals surface area contributed by atoms with Crippen molar-refractivity contribution in [2.24, 2.45) is 0 Å². The minimum Gasteiger partial charge on any atom is -0.480 e. The molecule has 22 heavy (non-hydrogen) atoms. The second-order valence-corrected chi connectivity index (χ2v) is 4.87. The molecule has 1 aromatic rings. The zero-order valence-electron chi connectivity index (χ0n) is 11.4. The van der Waals surface area contributed by atoms with Crippen LogP contribution in [0.15, 0.2) is 24.3 Å². The number of hydrogen-bond acceptors (Lipinski definition) is 6. The molecule has 118 valence electrons. The van der Waals surface area contributed by atoms with Gasteiger partial charge in [0.05, 0.1) is 17.6 Å². The number of likely N-dealkylation sites (tertiary alicyclic amines) is 1. The van der Waals surface area contributed by atoms with Gasteiger partial charge >= 0.3 is 12.1 Å². The monoisotopic (exact) mass is 310 g/mol. The minimum absolute atomic E-state index is 0.0397. The Morgan fingerprint density at radius 2 is 2.00 bits per heavy atom. The average molecular weight is 310 g/mol. The Labute approximate surface area is 124 Å². The fraction of sp³-hybridized carbons (Fsp3) is 0.385. The quantitative estimate of drug-likeness (QED) is 0.619. The summed E-state index contributed by atoms with van der Waals surface area (Å²) >= 11 is 0. The lowest BCUT2D eigenvalue weighted by Gasteiger charge is -2.20. The van der Waals surface area contributed by atoms with E-state index in [0.717, 1.165) is 4.90 Å². The molecule has 1 aliphatic rings. The predicted octanol–water partition coefficient (Wildman–Crippen LogP) is 0.751. The average Bonchev–Trinajstić information content (AvgIpc) is 2.87. The molecule has 0 bridgehead atoms. The van der Waals surface area contributed by atoms with Crippen molar-refractivity contribution in [3.8, 4) is 0 Å². The number of nitro benzene ring substituents is 1.